The number of fused-ring (bicyclic) bond motifs is 1. The summed E-state index contributed by atoms with van der Waals surface area (Å²) in [6, 6.07) is 9.60. The maximum atomic E-state index is 3.67. The molecule has 3 unspecified atom stereocenters. The molecule has 1 aliphatic rings. The summed E-state index contributed by atoms with van der Waals surface area (Å²) in [7, 11) is 0. The van der Waals surface area contributed by atoms with Crippen molar-refractivity contribution in [2.24, 2.45) is 5.92 Å². The van der Waals surface area contributed by atoms with Crippen LogP contribution in [0, 0.1) is 5.92 Å². The van der Waals surface area contributed by atoms with Gasteiger partial charge in [0.2, 0.25) is 0 Å². The maximum Gasteiger partial charge on any atom is 0.0107 e. The van der Waals surface area contributed by atoms with E-state index in [0.29, 0.717) is 6.04 Å². The smallest absolute Gasteiger partial charge is 0.0107 e. The molecule has 0 saturated heterocycles. The highest BCUT2D eigenvalue weighted by molar-refractivity contribution is 7.99. The van der Waals surface area contributed by atoms with Gasteiger partial charge in [0.05, 0.1) is 0 Å². The van der Waals surface area contributed by atoms with Crippen LogP contribution in [0.15, 0.2) is 29.2 Å². The minimum atomic E-state index is 0.641. The molecule has 0 saturated carbocycles. The van der Waals surface area contributed by atoms with E-state index in [9.17, 15) is 0 Å². The molecule has 3 atom stereocenters. The van der Waals surface area contributed by atoms with E-state index in [-0.39, 0.29) is 0 Å². The molecular formula is C17H27NS. The minimum Gasteiger partial charge on any atom is -0.314 e. The van der Waals surface area contributed by atoms with E-state index in [1.807, 2.05) is 11.8 Å². The summed E-state index contributed by atoms with van der Waals surface area (Å²) in [6.45, 7) is 8.08. The summed E-state index contributed by atoms with van der Waals surface area (Å²) in [6.07, 6.45) is 3.84. The summed E-state index contributed by atoms with van der Waals surface area (Å²) in [4.78, 5) is 1.51. The molecule has 0 aromatic heterocycles. The summed E-state index contributed by atoms with van der Waals surface area (Å²) in [5.74, 6) is 2.83. The molecule has 19 heavy (non-hydrogen) atoms. The Kier molecular flexibility index (Phi) is 5.77. The number of thioether (sulfide) groups is 1. The van der Waals surface area contributed by atoms with Crippen LogP contribution in [0.3, 0.4) is 0 Å². The second-order valence-electron chi connectivity index (χ2n) is 5.69. The second-order valence-corrected chi connectivity index (χ2v) is 6.75. The van der Waals surface area contributed by atoms with Crippen molar-refractivity contribution in [1.29, 1.82) is 0 Å². The average molecular weight is 277 g/mol. The number of hydrogen-bond donors (Lipinski definition) is 1. The van der Waals surface area contributed by atoms with Gasteiger partial charge in [-0.2, -0.15) is 0 Å². The van der Waals surface area contributed by atoms with Gasteiger partial charge in [0, 0.05) is 16.7 Å². The molecule has 1 aromatic carbocycles. The Morgan fingerprint density at radius 1 is 1.32 bits per heavy atom. The first kappa shape index (κ1) is 14.9. The number of hydrogen-bond acceptors (Lipinski definition) is 2. The van der Waals surface area contributed by atoms with Gasteiger partial charge in [0.15, 0.2) is 0 Å². The van der Waals surface area contributed by atoms with Crippen molar-refractivity contribution in [1.82, 2.24) is 5.32 Å². The Bertz CT molecular complexity index is 391. The fourth-order valence-corrected chi connectivity index (χ4v) is 4.33. The predicted molar refractivity (Wildman–Crippen MR) is 86.1 cm³/mol. The van der Waals surface area contributed by atoms with Crippen molar-refractivity contribution in [2.75, 3.05) is 12.3 Å². The first-order valence-electron chi connectivity index (χ1n) is 7.71. The van der Waals surface area contributed by atoms with Gasteiger partial charge in [0.25, 0.3) is 0 Å². The third-order valence-corrected chi connectivity index (χ3v) is 5.59. The van der Waals surface area contributed by atoms with Gasteiger partial charge < -0.3 is 5.32 Å². The standard InChI is InChI=1S/C17H27NS/c1-4-10-18-13(3)14(5-2)11-15-12-19-17-9-7-6-8-16(15)17/h6-9,13-15,18H,4-5,10-12H2,1-3H3. The Balaban J connectivity index is 1.96. The van der Waals surface area contributed by atoms with Crippen molar-refractivity contribution < 1.29 is 0 Å². The van der Waals surface area contributed by atoms with Crippen LogP contribution >= 0.6 is 11.8 Å². The van der Waals surface area contributed by atoms with Crippen LogP contribution in [-0.2, 0) is 0 Å². The van der Waals surface area contributed by atoms with Gasteiger partial charge in [-0.1, -0.05) is 38.5 Å². The number of rotatable bonds is 7. The Hall–Kier alpha value is -0.470. The van der Waals surface area contributed by atoms with E-state index in [2.05, 4.69) is 50.4 Å². The molecule has 1 N–H and O–H groups in total. The fraction of sp³-hybridized carbons (Fsp3) is 0.647. The van der Waals surface area contributed by atoms with Crippen molar-refractivity contribution in [3.8, 4) is 0 Å². The quantitative estimate of drug-likeness (QED) is 0.776. The molecule has 0 amide bonds. The first-order valence-corrected chi connectivity index (χ1v) is 8.69. The predicted octanol–water partition coefficient (Wildman–Crippen LogP) is 4.68. The molecule has 0 radical (unpaired) electrons. The lowest BCUT2D eigenvalue weighted by Crippen LogP contribution is -2.34. The highest BCUT2D eigenvalue weighted by Gasteiger charge is 2.27. The molecule has 2 heteroatoms. The molecule has 0 fully saturated rings. The minimum absolute atomic E-state index is 0.641. The lowest BCUT2D eigenvalue weighted by molar-refractivity contribution is 0.329. The molecule has 0 aliphatic carbocycles. The summed E-state index contributed by atoms with van der Waals surface area (Å²) in [5.41, 5.74) is 1.59. The zero-order valence-corrected chi connectivity index (χ0v) is 13.3. The molecule has 1 nitrogen and oxygen atoms in total. The lowest BCUT2D eigenvalue weighted by Gasteiger charge is -2.26. The van der Waals surface area contributed by atoms with E-state index >= 15 is 0 Å². The van der Waals surface area contributed by atoms with Gasteiger partial charge in [-0.25, -0.2) is 0 Å². The zero-order chi connectivity index (χ0) is 13.7. The van der Waals surface area contributed by atoms with Crippen LogP contribution < -0.4 is 5.32 Å². The molecular weight excluding hydrogens is 250 g/mol. The van der Waals surface area contributed by atoms with Gasteiger partial charge in [-0.3, -0.25) is 0 Å². The average Bonchev–Trinajstić information content (AvgIpc) is 2.85. The Labute approximate surface area is 122 Å². The summed E-state index contributed by atoms with van der Waals surface area (Å²) >= 11 is 2.04. The molecule has 1 aromatic rings. The van der Waals surface area contributed by atoms with E-state index in [4.69, 9.17) is 0 Å². The highest BCUT2D eigenvalue weighted by Crippen LogP contribution is 2.43. The second kappa shape index (κ2) is 7.35. The summed E-state index contributed by atoms with van der Waals surface area (Å²) in [5, 5.41) is 3.67. The van der Waals surface area contributed by atoms with Gasteiger partial charge in [-0.05, 0) is 49.8 Å². The number of nitrogens with one attached hydrogen (secondary N) is 1. The summed E-state index contributed by atoms with van der Waals surface area (Å²) < 4.78 is 0. The van der Waals surface area contributed by atoms with Crippen LogP contribution in [0.2, 0.25) is 0 Å². The maximum absolute atomic E-state index is 3.67. The van der Waals surface area contributed by atoms with Crippen molar-refractivity contribution in [3.05, 3.63) is 29.8 Å². The van der Waals surface area contributed by atoms with Crippen molar-refractivity contribution >= 4 is 11.8 Å². The topological polar surface area (TPSA) is 12.0 Å². The first-order chi connectivity index (χ1) is 9.26. The van der Waals surface area contributed by atoms with Gasteiger partial charge >= 0.3 is 0 Å². The van der Waals surface area contributed by atoms with E-state index in [1.165, 1.54) is 29.9 Å². The van der Waals surface area contributed by atoms with Gasteiger partial charge in [-0.15, -0.1) is 11.8 Å². The Morgan fingerprint density at radius 3 is 2.84 bits per heavy atom. The van der Waals surface area contributed by atoms with Crippen LogP contribution in [0.4, 0.5) is 0 Å². The zero-order valence-electron chi connectivity index (χ0n) is 12.5. The molecule has 0 bridgehead atoms. The van der Waals surface area contributed by atoms with Crippen LogP contribution in [0.5, 0.6) is 0 Å². The van der Waals surface area contributed by atoms with Crippen molar-refractivity contribution in [2.45, 2.75) is 56.9 Å². The molecule has 1 heterocycles. The SMILES string of the molecule is CCCNC(C)C(CC)CC1CSc2ccccc21. The van der Waals surface area contributed by atoms with Crippen LogP contribution in [-0.4, -0.2) is 18.3 Å². The molecule has 1 aliphatic heterocycles. The Morgan fingerprint density at radius 2 is 2.11 bits per heavy atom. The van der Waals surface area contributed by atoms with Crippen molar-refractivity contribution in [3.63, 3.8) is 0 Å². The normalized spacial score (nSPS) is 21.1. The number of benzene rings is 1. The van der Waals surface area contributed by atoms with E-state index in [1.54, 1.807) is 5.56 Å². The third-order valence-electron chi connectivity index (χ3n) is 4.33. The monoisotopic (exact) mass is 277 g/mol. The van der Waals surface area contributed by atoms with E-state index in [0.717, 1.165) is 18.4 Å². The largest absolute Gasteiger partial charge is 0.314 e. The lowest BCUT2D eigenvalue weighted by atomic mass is 9.85. The third kappa shape index (κ3) is 3.76. The molecule has 0 spiro atoms. The fourth-order valence-electron chi connectivity index (χ4n) is 3.05. The molecule has 2 rings (SSSR count). The van der Waals surface area contributed by atoms with Gasteiger partial charge in [0.1, 0.15) is 0 Å². The van der Waals surface area contributed by atoms with E-state index < -0.39 is 0 Å². The molecule has 106 valence electrons. The van der Waals surface area contributed by atoms with Crippen LogP contribution in [0.1, 0.15) is 51.5 Å². The highest BCUT2D eigenvalue weighted by atomic mass is 32.2. The van der Waals surface area contributed by atoms with Crippen LogP contribution in [0.25, 0.3) is 0 Å².